The average molecular weight is 409 g/mol. The third-order valence-electron chi connectivity index (χ3n) is 2.65. The molecule has 2 aromatic rings. The first-order valence-electron chi connectivity index (χ1n) is 5.71. The number of nitrogens with one attached hydrogen (secondary N) is 1. The number of sulfonamides is 1. The predicted molar refractivity (Wildman–Crippen MR) is 83.3 cm³/mol. The summed E-state index contributed by atoms with van der Waals surface area (Å²) in [4.78, 5) is 10.8. The summed E-state index contributed by atoms with van der Waals surface area (Å²) < 4.78 is 39.9. The lowest BCUT2D eigenvalue weighted by atomic mass is 10.2. The van der Waals surface area contributed by atoms with E-state index in [9.17, 15) is 17.6 Å². The van der Waals surface area contributed by atoms with Gasteiger partial charge in [-0.2, -0.15) is 0 Å². The summed E-state index contributed by atoms with van der Waals surface area (Å²) in [6.07, 6.45) is 0. The number of benzene rings is 2. The minimum absolute atomic E-state index is 0.0112. The molecule has 0 aliphatic carbocycles. The number of carboxylic acids is 1. The summed E-state index contributed by atoms with van der Waals surface area (Å²) in [6, 6.07) is 6.73. The van der Waals surface area contributed by atoms with Gasteiger partial charge in [0.1, 0.15) is 5.82 Å². The average Bonchev–Trinajstić information content (AvgIpc) is 2.42. The smallest absolute Gasteiger partial charge is 0.336 e. The van der Waals surface area contributed by atoms with Gasteiger partial charge in [0.05, 0.1) is 21.2 Å². The molecule has 0 atom stereocenters. The van der Waals surface area contributed by atoms with Crippen LogP contribution in [0.2, 0.25) is 5.02 Å². The van der Waals surface area contributed by atoms with Crippen LogP contribution in [0.5, 0.6) is 0 Å². The maximum absolute atomic E-state index is 13.0. The topological polar surface area (TPSA) is 83.5 Å². The first kappa shape index (κ1) is 16.7. The van der Waals surface area contributed by atoms with Crippen molar-refractivity contribution in [3.63, 3.8) is 0 Å². The number of carboxylic acid groups (broad SMARTS) is 1. The molecule has 0 fully saturated rings. The Morgan fingerprint density at radius 1 is 1.23 bits per heavy atom. The predicted octanol–water partition coefficient (Wildman–Crippen LogP) is 3.74. The molecular formula is C13H8BrClFNO4S. The van der Waals surface area contributed by atoms with E-state index in [1.807, 2.05) is 0 Å². The van der Waals surface area contributed by atoms with Crippen molar-refractivity contribution in [3.8, 4) is 0 Å². The Morgan fingerprint density at radius 3 is 2.50 bits per heavy atom. The van der Waals surface area contributed by atoms with Gasteiger partial charge in [0.15, 0.2) is 0 Å². The van der Waals surface area contributed by atoms with Crippen LogP contribution in [0.1, 0.15) is 10.4 Å². The number of hydrogen-bond donors (Lipinski definition) is 2. The van der Waals surface area contributed by atoms with Gasteiger partial charge in [-0.15, -0.1) is 0 Å². The van der Waals surface area contributed by atoms with Gasteiger partial charge in [0, 0.05) is 4.47 Å². The first-order valence-corrected chi connectivity index (χ1v) is 8.37. The van der Waals surface area contributed by atoms with E-state index in [2.05, 4.69) is 20.7 Å². The van der Waals surface area contributed by atoms with Crippen molar-refractivity contribution in [3.05, 3.63) is 57.3 Å². The molecule has 0 saturated heterocycles. The molecule has 9 heteroatoms. The Bertz CT molecular complexity index is 857. The van der Waals surface area contributed by atoms with E-state index < -0.39 is 21.8 Å². The van der Waals surface area contributed by atoms with Crippen LogP contribution in [0.4, 0.5) is 10.1 Å². The molecule has 2 rings (SSSR count). The van der Waals surface area contributed by atoms with E-state index in [0.717, 1.165) is 18.2 Å². The van der Waals surface area contributed by atoms with E-state index >= 15 is 0 Å². The molecule has 22 heavy (non-hydrogen) atoms. The van der Waals surface area contributed by atoms with Crippen molar-refractivity contribution < 1.29 is 22.7 Å². The van der Waals surface area contributed by atoms with Gasteiger partial charge in [-0.1, -0.05) is 11.6 Å². The summed E-state index contributed by atoms with van der Waals surface area (Å²) >= 11 is 8.79. The lowest BCUT2D eigenvalue weighted by Gasteiger charge is -2.10. The van der Waals surface area contributed by atoms with Crippen molar-refractivity contribution in [1.82, 2.24) is 0 Å². The number of halogens is 3. The molecule has 116 valence electrons. The fraction of sp³-hybridized carbons (Fsp3) is 0. The Kier molecular flexibility index (Phi) is 4.74. The SMILES string of the molecule is O=C(O)c1cc(S(=O)(=O)Nc2ccc(F)cc2Cl)ccc1Br. The quantitative estimate of drug-likeness (QED) is 0.807. The Balaban J connectivity index is 2.42. The number of aromatic carboxylic acids is 1. The van der Waals surface area contributed by atoms with Gasteiger partial charge < -0.3 is 5.11 Å². The molecule has 2 N–H and O–H groups in total. The molecule has 0 spiro atoms. The number of rotatable bonds is 4. The summed E-state index contributed by atoms with van der Waals surface area (Å²) in [5.41, 5.74) is -0.212. The largest absolute Gasteiger partial charge is 0.478 e. The van der Waals surface area contributed by atoms with E-state index in [1.165, 1.54) is 18.2 Å². The summed E-state index contributed by atoms with van der Waals surface area (Å²) in [6.45, 7) is 0. The molecular weight excluding hydrogens is 401 g/mol. The van der Waals surface area contributed by atoms with Gasteiger partial charge in [0.2, 0.25) is 0 Å². The van der Waals surface area contributed by atoms with Gasteiger partial charge in [0.25, 0.3) is 10.0 Å². The molecule has 0 amide bonds. The zero-order chi connectivity index (χ0) is 16.5. The maximum Gasteiger partial charge on any atom is 0.336 e. The van der Waals surface area contributed by atoms with Crippen molar-refractivity contribution in [2.24, 2.45) is 0 Å². The lowest BCUT2D eigenvalue weighted by Crippen LogP contribution is -2.14. The minimum Gasteiger partial charge on any atom is -0.478 e. The normalized spacial score (nSPS) is 11.2. The van der Waals surface area contributed by atoms with E-state index in [1.54, 1.807) is 0 Å². The van der Waals surface area contributed by atoms with Crippen LogP contribution in [0.25, 0.3) is 0 Å². The summed E-state index contributed by atoms with van der Waals surface area (Å²) in [5.74, 6) is -1.88. The highest BCUT2D eigenvalue weighted by atomic mass is 79.9. The number of carbonyl (C=O) groups is 1. The van der Waals surface area contributed by atoms with Crippen LogP contribution in [0.3, 0.4) is 0 Å². The molecule has 0 radical (unpaired) electrons. The number of hydrogen-bond acceptors (Lipinski definition) is 3. The Labute approximate surface area is 138 Å². The third kappa shape index (κ3) is 3.57. The minimum atomic E-state index is -4.06. The van der Waals surface area contributed by atoms with Gasteiger partial charge in [-0.25, -0.2) is 17.6 Å². The zero-order valence-electron chi connectivity index (χ0n) is 10.7. The van der Waals surface area contributed by atoms with Crippen molar-refractivity contribution >= 4 is 49.2 Å². The van der Waals surface area contributed by atoms with Crippen LogP contribution >= 0.6 is 27.5 Å². The second kappa shape index (κ2) is 6.23. The van der Waals surface area contributed by atoms with Gasteiger partial charge >= 0.3 is 5.97 Å². The molecule has 0 unspecified atom stereocenters. The molecule has 0 bridgehead atoms. The molecule has 0 aliphatic heterocycles. The van der Waals surface area contributed by atoms with Crippen LogP contribution in [-0.2, 0) is 10.0 Å². The van der Waals surface area contributed by atoms with E-state index in [-0.39, 0.29) is 25.6 Å². The fourth-order valence-corrected chi connectivity index (χ4v) is 3.40. The summed E-state index contributed by atoms with van der Waals surface area (Å²) in [7, 11) is -4.06. The van der Waals surface area contributed by atoms with Crippen molar-refractivity contribution in [2.75, 3.05) is 4.72 Å². The fourth-order valence-electron chi connectivity index (χ4n) is 1.61. The maximum atomic E-state index is 13.0. The second-order valence-corrected chi connectivity index (χ2v) is 7.12. The van der Waals surface area contributed by atoms with Crippen LogP contribution in [0.15, 0.2) is 45.8 Å². The summed E-state index contributed by atoms with van der Waals surface area (Å²) in [5, 5.41) is 8.90. The standard InChI is InChI=1S/C13H8BrClFNO4S/c14-10-3-2-8(6-9(10)13(18)19)22(20,21)17-12-4-1-7(16)5-11(12)15/h1-6,17H,(H,18,19). The Morgan fingerprint density at radius 2 is 1.91 bits per heavy atom. The van der Waals surface area contributed by atoms with Crippen LogP contribution < -0.4 is 4.72 Å². The molecule has 5 nitrogen and oxygen atoms in total. The van der Waals surface area contributed by atoms with Crippen LogP contribution in [0, 0.1) is 5.82 Å². The third-order valence-corrected chi connectivity index (χ3v) is 5.02. The Hall–Kier alpha value is -1.64. The van der Waals surface area contributed by atoms with Gasteiger partial charge in [-0.3, -0.25) is 4.72 Å². The molecule has 0 aliphatic rings. The highest BCUT2D eigenvalue weighted by Crippen LogP contribution is 2.27. The van der Waals surface area contributed by atoms with Crippen LogP contribution in [-0.4, -0.2) is 19.5 Å². The lowest BCUT2D eigenvalue weighted by molar-refractivity contribution is 0.0695. The second-order valence-electron chi connectivity index (χ2n) is 4.18. The molecule has 0 heterocycles. The highest BCUT2D eigenvalue weighted by molar-refractivity contribution is 9.10. The zero-order valence-corrected chi connectivity index (χ0v) is 13.8. The monoisotopic (exact) mass is 407 g/mol. The van der Waals surface area contributed by atoms with Crippen molar-refractivity contribution in [1.29, 1.82) is 0 Å². The molecule has 2 aromatic carbocycles. The van der Waals surface area contributed by atoms with Gasteiger partial charge in [-0.05, 0) is 52.3 Å². The highest BCUT2D eigenvalue weighted by Gasteiger charge is 2.19. The van der Waals surface area contributed by atoms with E-state index in [0.29, 0.717) is 0 Å². The first-order chi connectivity index (χ1) is 10.2. The number of anilines is 1. The molecule has 0 aromatic heterocycles. The molecule has 0 saturated carbocycles. The van der Waals surface area contributed by atoms with E-state index in [4.69, 9.17) is 16.7 Å². The van der Waals surface area contributed by atoms with Crippen molar-refractivity contribution in [2.45, 2.75) is 4.90 Å².